The number of hydrogen-bond acceptors (Lipinski definition) is 0. The van der Waals surface area contributed by atoms with Crippen LogP contribution in [0.25, 0.3) is 0 Å². The largest absolute Gasteiger partial charge is 0.0654 e. The predicted molar refractivity (Wildman–Crippen MR) is 129 cm³/mol. The van der Waals surface area contributed by atoms with E-state index < -0.39 is 0 Å². The maximum atomic E-state index is 2.64. The van der Waals surface area contributed by atoms with E-state index in [0.29, 0.717) is 0 Å². The van der Waals surface area contributed by atoms with Gasteiger partial charge in [0.15, 0.2) is 0 Å². The molecule has 0 saturated heterocycles. The minimum absolute atomic E-state index is 1.01. The Morgan fingerprint density at radius 1 is 0.552 bits per heavy atom. The highest BCUT2D eigenvalue weighted by Gasteiger charge is 2.40. The third-order valence-corrected chi connectivity index (χ3v) is 9.49. The van der Waals surface area contributed by atoms with Gasteiger partial charge in [-0.3, -0.25) is 0 Å². The van der Waals surface area contributed by atoms with Gasteiger partial charge in [0.2, 0.25) is 0 Å². The smallest absolute Gasteiger partial charge is 0.0357 e. The molecule has 0 aliphatic heterocycles. The first-order chi connectivity index (χ1) is 14.3. The molecule has 0 aromatic rings. The molecule has 3 aliphatic carbocycles. The van der Waals surface area contributed by atoms with Gasteiger partial charge in [-0.05, 0) is 48.3 Å². The van der Waals surface area contributed by atoms with Crippen molar-refractivity contribution in [2.45, 2.75) is 149 Å². The number of rotatable bonds is 4. The van der Waals surface area contributed by atoms with E-state index in [1.54, 1.807) is 51.4 Å². The van der Waals surface area contributed by atoms with E-state index in [1.165, 1.54) is 83.5 Å². The zero-order chi connectivity index (χ0) is 20.3. The fourth-order valence-corrected chi connectivity index (χ4v) is 7.69. The first kappa shape index (κ1) is 23.7. The van der Waals surface area contributed by atoms with Crippen molar-refractivity contribution in [2.24, 2.45) is 35.5 Å². The van der Waals surface area contributed by atoms with Gasteiger partial charge in [-0.2, -0.15) is 0 Å². The van der Waals surface area contributed by atoms with E-state index in [0.717, 1.165) is 35.5 Å². The van der Waals surface area contributed by atoms with Gasteiger partial charge in [-0.25, -0.2) is 0 Å². The fourth-order valence-electron chi connectivity index (χ4n) is 7.69. The summed E-state index contributed by atoms with van der Waals surface area (Å²) in [6, 6.07) is 0. The van der Waals surface area contributed by atoms with Crippen LogP contribution in [0.15, 0.2) is 0 Å². The highest BCUT2D eigenvalue weighted by Crippen LogP contribution is 2.50. The van der Waals surface area contributed by atoms with Crippen LogP contribution in [0.4, 0.5) is 0 Å². The van der Waals surface area contributed by atoms with Crippen molar-refractivity contribution in [2.75, 3.05) is 0 Å². The highest BCUT2D eigenvalue weighted by molar-refractivity contribution is 4.90. The van der Waals surface area contributed by atoms with Gasteiger partial charge in [-0.1, -0.05) is 136 Å². The molecule has 3 saturated carbocycles. The third-order valence-electron chi connectivity index (χ3n) is 9.49. The molecule has 6 atom stereocenters. The zero-order valence-electron chi connectivity index (χ0n) is 20.3. The van der Waals surface area contributed by atoms with Crippen molar-refractivity contribution in [3.8, 4) is 0 Å². The molecule has 0 amide bonds. The van der Waals surface area contributed by atoms with Gasteiger partial charge >= 0.3 is 0 Å². The first-order valence-electron chi connectivity index (χ1n) is 14.3. The van der Waals surface area contributed by atoms with E-state index in [-0.39, 0.29) is 0 Å². The molecule has 0 aromatic heterocycles. The Labute approximate surface area is 184 Å². The van der Waals surface area contributed by atoms with E-state index in [2.05, 4.69) is 13.8 Å². The topological polar surface area (TPSA) is 0 Å². The van der Waals surface area contributed by atoms with Crippen LogP contribution < -0.4 is 0 Å². The van der Waals surface area contributed by atoms with E-state index in [1.807, 2.05) is 0 Å². The average Bonchev–Trinajstić information content (AvgIpc) is 3.17. The molecule has 0 heterocycles. The standard InChI is InChI=1S/C29H54/c1-3-4-15-25-16-11-9-7-5-6-8-10-12-18-26(19-13-17-25)29-23-28-21-14-20-27(28)22-24(29)2/h24-29H,3-23H2,1-2H3. The van der Waals surface area contributed by atoms with Gasteiger partial charge in [0, 0.05) is 0 Å². The molecule has 3 rings (SSSR count). The number of hydrogen-bond donors (Lipinski definition) is 0. The first-order valence-corrected chi connectivity index (χ1v) is 14.3. The summed E-state index contributed by atoms with van der Waals surface area (Å²) < 4.78 is 0. The minimum atomic E-state index is 1.01. The Kier molecular flexibility index (Phi) is 10.9. The summed E-state index contributed by atoms with van der Waals surface area (Å²) in [7, 11) is 0. The van der Waals surface area contributed by atoms with Gasteiger partial charge in [0.1, 0.15) is 0 Å². The molecular formula is C29H54. The van der Waals surface area contributed by atoms with Crippen LogP contribution in [0.1, 0.15) is 149 Å². The molecule has 3 fully saturated rings. The van der Waals surface area contributed by atoms with Crippen LogP contribution in [-0.4, -0.2) is 0 Å². The maximum absolute atomic E-state index is 2.64. The fraction of sp³-hybridized carbons (Fsp3) is 1.00. The van der Waals surface area contributed by atoms with Crippen molar-refractivity contribution in [1.29, 1.82) is 0 Å². The molecule has 0 spiro atoms. The van der Waals surface area contributed by atoms with Gasteiger partial charge in [0.05, 0.1) is 0 Å². The normalized spacial score (nSPS) is 38.7. The van der Waals surface area contributed by atoms with Crippen molar-refractivity contribution < 1.29 is 0 Å². The molecule has 3 aliphatic rings. The molecule has 0 radical (unpaired) electrons. The lowest BCUT2D eigenvalue weighted by molar-refractivity contribution is 0.0846. The molecule has 0 heteroatoms. The van der Waals surface area contributed by atoms with Crippen molar-refractivity contribution in [1.82, 2.24) is 0 Å². The Hall–Kier alpha value is 0. The minimum Gasteiger partial charge on any atom is -0.0654 e. The molecular weight excluding hydrogens is 348 g/mol. The lowest BCUT2D eigenvalue weighted by Gasteiger charge is -2.41. The molecule has 6 unspecified atom stereocenters. The summed E-state index contributed by atoms with van der Waals surface area (Å²) in [5, 5.41) is 0. The SMILES string of the molecule is CCCCC1CCCCCCCCCCC(C2CC3CCCC3CC2C)CCC1. The van der Waals surface area contributed by atoms with Crippen LogP contribution >= 0.6 is 0 Å². The summed E-state index contributed by atoms with van der Waals surface area (Å²) in [5.74, 6) is 6.41. The molecule has 0 bridgehead atoms. The van der Waals surface area contributed by atoms with E-state index in [9.17, 15) is 0 Å². The Morgan fingerprint density at radius 3 is 1.79 bits per heavy atom. The average molecular weight is 403 g/mol. The summed E-state index contributed by atoms with van der Waals surface area (Å²) in [6.45, 7) is 5.02. The van der Waals surface area contributed by atoms with Gasteiger partial charge in [0.25, 0.3) is 0 Å². The second-order valence-electron chi connectivity index (χ2n) is 11.7. The lowest BCUT2D eigenvalue weighted by atomic mass is 9.64. The van der Waals surface area contributed by atoms with Gasteiger partial charge in [-0.15, -0.1) is 0 Å². The summed E-state index contributed by atoms with van der Waals surface area (Å²) in [5.41, 5.74) is 0. The second-order valence-corrected chi connectivity index (χ2v) is 11.7. The summed E-state index contributed by atoms with van der Waals surface area (Å²) >= 11 is 0. The van der Waals surface area contributed by atoms with Crippen molar-refractivity contribution >= 4 is 0 Å². The molecule has 0 N–H and O–H groups in total. The molecule has 0 nitrogen and oxygen atoms in total. The number of fused-ring (bicyclic) bond motifs is 1. The number of unbranched alkanes of at least 4 members (excludes halogenated alkanes) is 1. The third kappa shape index (κ3) is 7.88. The van der Waals surface area contributed by atoms with E-state index >= 15 is 0 Å². The molecule has 29 heavy (non-hydrogen) atoms. The van der Waals surface area contributed by atoms with Crippen LogP contribution in [0, 0.1) is 35.5 Å². The van der Waals surface area contributed by atoms with Crippen LogP contribution in [0.3, 0.4) is 0 Å². The summed E-state index contributed by atoms with van der Waals surface area (Å²) in [6.07, 6.45) is 32.1. The second kappa shape index (κ2) is 13.4. The Balaban J connectivity index is 1.56. The Bertz CT molecular complexity index is 412. The zero-order valence-corrected chi connectivity index (χ0v) is 20.3. The lowest BCUT2D eigenvalue weighted by Crippen LogP contribution is -2.32. The predicted octanol–water partition coefficient (Wildman–Crippen LogP) is 9.96. The maximum Gasteiger partial charge on any atom is -0.0357 e. The summed E-state index contributed by atoms with van der Waals surface area (Å²) in [4.78, 5) is 0. The molecule has 170 valence electrons. The van der Waals surface area contributed by atoms with Crippen molar-refractivity contribution in [3.05, 3.63) is 0 Å². The monoisotopic (exact) mass is 402 g/mol. The van der Waals surface area contributed by atoms with E-state index in [4.69, 9.17) is 0 Å². The molecule has 0 aromatic carbocycles. The van der Waals surface area contributed by atoms with Crippen LogP contribution in [0.5, 0.6) is 0 Å². The quantitative estimate of drug-likeness (QED) is 0.438. The van der Waals surface area contributed by atoms with Crippen LogP contribution in [-0.2, 0) is 0 Å². The van der Waals surface area contributed by atoms with Crippen molar-refractivity contribution in [3.63, 3.8) is 0 Å². The Morgan fingerprint density at radius 2 is 1.07 bits per heavy atom. The van der Waals surface area contributed by atoms with Gasteiger partial charge < -0.3 is 0 Å². The van der Waals surface area contributed by atoms with Crippen LogP contribution in [0.2, 0.25) is 0 Å². The highest BCUT2D eigenvalue weighted by atomic mass is 14.4.